The van der Waals surface area contributed by atoms with Crippen LogP contribution >= 0.6 is 0 Å². The van der Waals surface area contributed by atoms with E-state index in [1.807, 2.05) is 13.8 Å². The van der Waals surface area contributed by atoms with Crippen molar-refractivity contribution in [1.29, 1.82) is 0 Å². The van der Waals surface area contributed by atoms with E-state index in [4.69, 9.17) is 9.47 Å². The number of amides is 1. The fourth-order valence-corrected chi connectivity index (χ4v) is 3.32. The number of fused-ring (bicyclic) bond motifs is 1. The molecule has 29 heavy (non-hydrogen) atoms. The van der Waals surface area contributed by atoms with Gasteiger partial charge in [-0.05, 0) is 44.0 Å². The average molecular weight is 390 g/mol. The van der Waals surface area contributed by atoms with E-state index in [0.29, 0.717) is 41.9 Å². The Bertz CT molecular complexity index is 1040. The van der Waals surface area contributed by atoms with E-state index in [1.54, 1.807) is 18.2 Å². The average Bonchev–Trinajstić information content (AvgIpc) is 2.71. The summed E-state index contributed by atoms with van der Waals surface area (Å²) in [7, 11) is 0. The smallest absolute Gasteiger partial charge is 0.258 e. The maximum absolute atomic E-state index is 12.5. The predicted molar refractivity (Wildman–Crippen MR) is 111 cm³/mol. The number of hydrogen-bond donors (Lipinski definition) is 2. The first kappa shape index (κ1) is 18.7. The van der Waals surface area contributed by atoms with Crippen LogP contribution in [0.3, 0.4) is 0 Å². The SMILES string of the molecule is Cc1cc(C)c(Nc2ncc(C(=O)Nc3ccc4c(c3)OCCO4)cn2)c(C)c1. The number of rotatable bonds is 4. The van der Waals surface area contributed by atoms with Gasteiger partial charge in [0, 0.05) is 29.8 Å². The molecule has 2 aromatic carbocycles. The van der Waals surface area contributed by atoms with Crippen molar-refractivity contribution in [1.82, 2.24) is 9.97 Å². The van der Waals surface area contributed by atoms with Gasteiger partial charge in [-0.2, -0.15) is 0 Å². The van der Waals surface area contributed by atoms with E-state index in [1.165, 1.54) is 18.0 Å². The lowest BCUT2D eigenvalue weighted by Gasteiger charge is -2.19. The molecule has 0 aliphatic carbocycles. The van der Waals surface area contributed by atoms with Crippen LogP contribution < -0.4 is 20.1 Å². The summed E-state index contributed by atoms with van der Waals surface area (Å²) in [5.41, 5.74) is 5.40. The minimum absolute atomic E-state index is 0.295. The third kappa shape index (κ3) is 4.13. The molecule has 0 bridgehead atoms. The highest BCUT2D eigenvalue weighted by Gasteiger charge is 2.14. The maximum Gasteiger partial charge on any atom is 0.258 e. The number of anilines is 3. The van der Waals surface area contributed by atoms with Crippen LogP contribution in [0.2, 0.25) is 0 Å². The van der Waals surface area contributed by atoms with E-state index in [-0.39, 0.29) is 5.91 Å². The number of aromatic nitrogens is 2. The van der Waals surface area contributed by atoms with Gasteiger partial charge >= 0.3 is 0 Å². The Morgan fingerprint density at radius 1 is 0.931 bits per heavy atom. The van der Waals surface area contributed by atoms with Crippen molar-refractivity contribution in [3.05, 3.63) is 65.0 Å². The molecule has 3 aromatic rings. The standard InChI is InChI=1S/C22H22N4O3/c1-13-8-14(2)20(15(3)9-13)26-22-23-11-16(12-24-22)21(27)25-17-4-5-18-19(10-17)29-7-6-28-18/h4-5,8-12H,6-7H2,1-3H3,(H,25,27)(H,23,24,26). The predicted octanol–water partition coefficient (Wildman–Crippen LogP) is 4.17. The molecule has 4 rings (SSSR count). The van der Waals surface area contributed by atoms with Gasteiger partial charge in [0.05, 0.1) is 5.56 Å². The third-order valence-electron chi connectivity index (χ3n) is 4.63. The second-order valence-electron chi connectivity index (χ2n) is 7.01. The highest BCUT2D eigenvalue weighted by Crippen LogP contribution is 2.32. The van der Waals surface area contributed by atoms with Crippen LogP contribution in [-0.4, -0.2) is 29.1 Å². The molecule has 1 aromatic heterocycles. The fraction of sp³-hybridized carbons (Fsp3) is 0.227. The van der Waals surface area contributed by atoms with Crippen LogP contribution in [0.15, 0.2) is 42.7 Å². The molecular weight excluding hydrogens is 368 g/mol. The van der Waals surface area contributed by atoms with Gasteiger partial charge in [-0.3, -0.25) is 4.79 Å². The van der Waals surface area contributed by atoms with Gasteiger partial charge in [-0.25, -0.2) is 9.97 Å². The first-order valence-electron chi connectivity index (χ1n) is 9.37. The van der Waals surface area contributed by atoms with Crippen LogP contribution in [0.5, 0.6) is 11.5 Å². The molecule has 7 nitrogen and oxygen atoms in total. The van der Waals surface area contributed by atoms with E-state index >= 15 is 0 Å². The second-order valence-corrected chi connectivity index (χ2v) is 7.01. The number of carbonyl (C=O) groups excluding carboxylic acids is 1. The monoisotopic (exact) mass is 390 g/mol. The Kier molecular flexibility index (Phi) is 5.03. The quantitative estimate of drug-likeness (QED) is 0.695. The fourth-order valence-electron chi connectivity index (χ4n) is 3.32. The zero-order valence-corrected chi connectivity index (χ0v) is 16.6. The van der Waals surface area contributed by atoms with Crippen molar-refractivity contribution in [2.45, 2.75) is 20.8 Å². The lowest BCUT2D eigenvalue weighted by atomic mass is 10.1. The Morgan fingerprint density at radius 2 is 1.59 bits per heavy atom. The minimum Gasteiger partial charge on any atom is -0.486 e. The molecule has 2 N–H and O–H groups in total. The molecular formula is C22H22N4O3. The molecule has 7 heteroatoms. The van der Waals surface area contributed by atoms with E-state index in [0.717, 1.165) is 16.8 Å². The van der Waals surface area contributed by atoms with Gasteiger partial charge in [0.1, 0.15) is 13.2 Å². The first-order valence-corrected chi connectivity index (χ1v) is 9.37. The molecule has 0 saturated heterocycles. The molecule has 1 aliphatic rings. The summed E-state index contributed by atoms with van der Waals surface area (Å²) in [5, 5.41) is 6.06. The summed E-state index contributed by atoms with van der Waals surface area (Å²) in [4.78, 5) is 21.1. The molecule has 0 fully saturated rings. The highest BCUT2D eigenvalue weighted by atomic mass is 16.6. The van der Waals surface area contributed by atoms with Gasteiger partial charge < -0.3 is 20.1 Å². The Morgan fingerprint density at radius 3 is 2.28 bits per heavy atom. The van der Waals surface area contributed by atoms with Crippen molar-refractivity contribution < 1.29 is 14.3 Å². The molecule has 1 amide bonds. The summed E-state index contributed by atoms with van der Waals surface area (Å²) in [6.07, 6.45) is 3.00. The summed E-state index contributed by atoms with van der Waals surface area (Å²) >= 11 is 0. The van der Waals surface area contributed by atoms with Gasteiger partial charge in [0.2, 0.25) is 5.95 Å². The largest absolute Gasteiger partial charge is 0.486 e. The van der Waals surface area contributed by atoms with Crippen molar-refractivity contribution >= 4 is 23.2 Å². The van der Waals surface area contributed by atoms with Crippen molar-refractivity contribution in [2.24, 2.45) is 0 Å². The maximum atomic E-state index is 12.5. The summed E-state index contributed by atoms with van der Waals surface area (Å²) < 4.78 is 11.0. The molecule has 0 unspecified atom stereocenters. The minimum atomic E-state index is -0.295. The Balaban J connectivity index is 1.46. The zero-order chi connectivity index (χ0) is 20.4. The second kappa shape index (κ2) is 7.79. The zero-order valence-electron chi connectivity index (χ0n) is 16.6. The van der Waals surface area contributed by atoms with Gasteiger partial charge in [-0.1, -0.05) is 17.7 Å². The van der Waals surface area contributed by atoms with Gasteiger partial charge in [-0.15, -0.1) is 0 Å². The van der Waals surface area contributed by atoms with Crippen LogP contribution in [0, 0.1) is 20.8 Å². The molecule has 148 valence electrons. The lowest BCUT2D eigenvalue weighted by molar-refractivity contribution is 0.102. The Hall–Kier alpha value is -3.61. The van der Waals surface area contributed by atoms with Crippen molar-refractivity contribution in [3.8, 4) is 11.5 Å². The molecule has 0 radical (unpaired) electrons. The number of benzene rings is 2. The number of nitrogens with one attached hydrogen (secondary N) is 2. The lowest BCUT2D eigenvalue weighted by Crippen LogP contribution is -2.16. The normalized spacial score (nSPS) is 12.4. The number of carbonyl (C=O) groups is 1. The van der Waals surface area contributed by atoms with E-state index < -0.39 is 0 Å². The van der Waals surface area contributed by atoms with Gasteiger partial charge in [0.25, 0.3) is 5.91 Å². The third-order valence-corrected chi connectivity index (χ3v) is 4.63. The number of ether oxygens (including phenoxy) is 2. The molecule has 2 heterocycles. The first-order chi connectivity index (χ1) is 14.0. The van der Waals surface area contributed by atoms with Gasteiger partial charge in [0.15, 0.2) is 11.5 Å². The number of nitrogens with zero attached hydrogens (tertiary/aromatic N) is 2. The van der Waals surface area contributed by atoms with Crippen molar-refractivity contribution in [2.75, 3.05) is 23.8 Å². The van der Waals surface area contributed by atoms with E-state index in [9.17, 15) is 4.79 Å². The summed E-state index contributed by atoms with van der Waals surface area (Å²) in [6, 6.07) is 9.49. The van der Waals surface area contributed by atoms with Crippen LogP contribution in [0.4, 0.5) is 17.3 Å². The topological polar surface area (TPSA) is 85.4 Å². The summed E-state index contributed by atoms with van der Waals surface area (Å²) in [5.74, 6) is 1.44. The molecule has 0 atom stereocenters. The number of hydrogen-bond acceptors (Lipinski definition) is 6. The van der Waals surface area contributed by atoms with Crippen LogP contribution in [0.25, 0.3) is 0 Å². The number of aryl methyl sites for hydroxylation is 3. The highest BCUT2D eigenvalue weighted by molar-refractivity contribution is 6.04. The summed E-state index contributed by atoms with van der Waals surface area (Å²) in [6.45, 7) is 7.16. The molecule has 0 spiro atoms. The molecule has 0 saturated carbocycles. The Labute approximate surface area is 169 Å². The van der Waals surface area contributed by atoms with E-state index in [2.05, 4.69) is 39.7 Å². The van der Waals surface area contributed by atoms with Crippen molar-refractivity contribution in [3.63, 3.8) is 0 Å². The van der Waals surface area contributed by atoms with Crippen LogP contribution in [-0.2, 0) is 0 Å². The van der Waals surface area contributed by atoms with Crippen LogP contribution in [0.1, 0.15) is 27.0 Å². The molecule has 1 aliphatic heterocycles.